The molecule has 0 spiro atoms. The van der Waals surface area contributed by atoms with E-state index in [4.69, 9.17) is 19.4 Å². The van der Waals surface area contributed by atoms with E-state index in [2.05, 4.69) is 55.5 Å². The van der Waals surface area contributed by atoms with E-state index in [1.807, 2.05) is 85.2 Å². The number of nitrogens with zero attached hydrogens (tertiary/aromatic N) is 4. The zero-order chi connectivity index (χ0) is 32.6. The Balaban J connectivity index is 0.790. The molecule has 0 amide bonds. The zero-order valence-electron chi connectivity index (χ0n) is 27.1. The minimum Gasteiger partial charge on any atom is -0.378 e. The van der Waals surface area contributed by atoms with E-state index >= 15 is 0 Å². The number of aromatic nitrogens is 4. The first kappa shape index (κ1) is 32.9. The van der Waals surface area contributed by atoms with Gasteiger partial charge in [0, 0.05) is 49.3 Å². The molecule has 0 unspecified atom stereocenters. The van der Waals surface area contributed by atoms with Gasteiger partial charge in [-0.15, -0.1) is 0 Å². The fourth-order valence-electron chi connectivity index (χ4n) is 5.36. The van der Waals surface area contributed by atoms with E-state index in [0.29, 0.717) is 52.6 Å². The highest BCUT2D eigenvalue weighted by Gasteiger charge is 2.05. The van der Waals surface area contributed by atoms with Crippen LogP contribution in [0.3, 0.4) is 0 Å². The molecular formula is C38H42N8O2. The zero-order valence-corrected chi connectivity index (χ0v) is 27.1. The van der Waals surface area contributed by atoms with Gasteiger partial charge in [-0.05, 0) is 48.5 Å². The number of rotatable bonds is 19. The smallest absolute Gasteiger partial charge is 0.0933 e. The van der Waals surface area contributed by atoms with Crippen LogP contribution in [0.15, 0.2) is 109 Å². The van der Waals surface area contributed by atoms with Crippen LogP contribution < -0.4 is 21.3 Å². The second-order valence-corrected chi connectivity index (χ2v) is 11.3. The van der Waals surface area contributed by atoms with Gasteiger partial charge in [-0.25, -0.2) is 0 Å². The monoisotopic (exact) mass is 642 g/mol. The van der Waals surface area contributed by atoms with Gasteiger partial charge in [0.25, 0.3) is 0 Å². The lowest BCUT2D eigenvalue weighted by atomic mass is 10.2. The van der Waals surface area contributed by atoms with Gasteiger partial charge >= 0.3 is 0 Å². The van der Waals surface area contributed by atoms with Crippen LogP contribution in [-0.4, -0.2) is 59.5 Å². The second-order valence-electron chi connectivity index (χ2n) is 11.3. The number of anilines is 2. The van der Waals surface area contributed by atoms with E-state index in [0.717, 1.165) is 69.0 Å². The number of para-hydroxylation sites is 2. The molecule has 48 heavy (non-hydrogen) atoms. The van der Waals surface area contributed by atoms with Crippen molar-refractivity contribution >= 4 is 33.2 Å². The van der Waals surface area contributed by atoms with Crippen molar-refractivity contribution in [2.45, 2.75) is 26.2 Å². The summed E-state index contributed by atoms with van der Waals surface area (Å²) >= 11 is 0. The summed E-state index contributed by atoms with van der Waals surface area (Å²) in [4.78, 5) is 18.6. The minimum absolute atomic E-state index is 0.562. The number of fused-ring (bicyclic) bond motifs is 2. The SMILES string of the molecule is c1cc(CNCCOCCOCCNCc2cccc(CNc3cccc4cccnc34)n2)nc(CNc2cccc3cccnc23)c1. The molecule has 4 heterocycles. The summed E-state index contributed by atoms with van der Waals surface area (Å²) in [5, 5.41) is 16.0. The lowest BCUT2D eigenvalue weighted by Crippen LogP contribution is -2.22. The maximum atomic E-state index is 5.72. The minimum atomic E-state index is 0.562. The first-order chi connectivity index (χ1) is 23.8. The summed E-state index contributed by atoms with van der Waals surface area (Å²) in [6, 6.07) is 32.6. The van der Waals surface area contributed by atoms with Crippen molar-refractivity contribution in [3.63, 3.8) is 0 Å². The molecule has 0 bridgehead atoms. The highest BCUT2D eigenvalue weighted by atomic mass is 16.5. The molecule has 6 aromatic rings. The van der Waals surface area contributed by atoms with Gasteiger partial charge in [-0.2, -0.15) is 0 Å². The lowest BCUT2D eigenvalue weighted by molar-refractivity contribution is 0.0497. The molecule has 4 N–H and O–H groups in total. The Hall–Kier alpha value is -5.00. The van der Waals surface area contributed by atoms with Crippen LogP contribution in [-0.2, 0) is 35.7 Å². The number of hydrogen-bond donors (Lipinski definition) is 4. The fraction of sp³-hybridized carbons (Fsp3) is 0.263. The van der Waals surface area contributed by atoms with Crippen molar-refractivity contribution in [2.24, 2.45) is 0 Å². The van der Waals surface area contributed by atoms with E-state index in [-0.39, 0.29) is 0 Å². The van der Waals surface area contributed by atoms with Crippen LogP contribution in [0.1, 0.15) is 22.8 Å². The van der Waals surface area contributed by atoms with Crippen molar-refractivity contribution in [3.05, 3.63) is 132 Å². The number of hydrogen-bond acceptors (Lipinski definition) is 10. The quantitative estimate of drug-likeness (QED) is 0.0819. The highest BCUT2D eigenvalue weighted by molar-refractivity contribution is 5.90. The van der Waals surface area contributed by atoms with Gasteiger partial charge in [-0.3, -0.25) is 19.9 Å². The molecule has 0 fully saturated rings. The Morgan fingerprint density at radius 1 is 0.438 bits per heavy atom. The molecule has 246 valence electrons. The van der Waals surface area contributed by atoms with Crippen molar-refractivity contribution in [1.29, 1.82) is 0 Å². The van der Waals surface area contributed by atoms with Gasteiger partial charge in [0.05, 0.1) is 84.7 Å². The van der Waals surface area contributed by atoms with Crippen molar-refractivity contribution in [3.8, 4) is 0 Å². The topological polar surface area (TPSA) is 118 Å². The Bertz CT molecular complexity index is 1740. The van der Waals surface area contributed by atoms with Crippen LogP contribution >= 0.6 is 0 Å². The molecule has 4 aromatic heterocycles. The van der Waals surface area contributed by atoms with Crippen molar-refractivity contribution in [2.75, 3.05) is 50.2 Å². The van der Waals surface area contributed by atoms with E-state index < -0.39 is 0 Å². The first-order valence-electron chi connectivity index (χ1n) is 16.4. The summed E-state index contributed by atoms with van der Waals surface area (Å²) in [5.74, 6) is 0. The van der Waals surface area contributed by atoms with Gasteiger partial charge in [0.15, 0.2) is 0 Å². The molecule has 0 aliphatic heterocycles. The van der Waals surface area contributed by atoms with Crippen LogP contribution in [0.2, 0.25) is 0 Å². The van der Waals surface area contributed by atoms with Crippen LogP contribution in [0.25, 0.3) is 21.8 Å². The third kappa shape index (κ3) is 9.76. The fourth-order valence-corrected chi connectivity index (χ4v) is 5.36. The molecule has 6 rings (SSSR count). The van der Waals surface area contributed by atoms with Gasteiger partial charge < -0.3 is 30.7 Å². The molecule has 0 aliphatic rings. The molecular weight excluding hydrogens is 600 g/mol. The van der Waals surface area contributed by atoms with E-state index in [1.165, 1.54) is 0 Å². The second kappa shape index (κ2) is 17.8. The van der Waals surface area contributed by atoms with Crippen LogP contribution in [0.5, 0.6) is 0 Å². The summed E-state index contributed by atoms with van der Waals surface area (Å²) in [6.07, 6.45) is 3.64. The Kier molecular flexibility index (Phi) is 12.2. The van der Waals surface area contributed by atoms with E-state index in [9.17, 15) is 0 Å². The summed E-state index contributed by atoms with van der Waals surface area (Å²) in [5.41, 5.74) is 7.92. The Morgan fingerprint density at radius 3 is 1.33 bits per heavy atom. The average Bonchev–Trinajstić information content (AvgIpc) is 3.14. The Morgan fingerprint density at radius 2 is 0.854 bits per heavy atom. The van der Waals surface area contributed by atoms with Gasteiger partial charge in [0.2, 0.25) is 0 Å². The molecule has 0 atom stereocenters. The molecule has 0 saturated heterocycles. The summed E-state index contributed by atoms with van der Waals surface area (Å²) in [7, 11) is 0. The molecule has 2 aromatic carbocycles. The molecule has 0 aliphatic carbocycles. The van der Waals surface area contributed by atoms with Crippen LogP contribution in [0, 0.1) is 0 Å². The average molecular weight is 643 g/mol. The Labute approximate surface area is 281 Å². The normalized spacial score (nSPS) is 11.2. The first-order valence-corrected chi connectivity index (χ1v) is 16.4. The number of pyridine rings is 4. The lowest BCUT2D eigenvalue weighted by Gasteiger charge is -2.11. The van der Waals surface area contributed by atoms with E-state index in [1.54, 1.807) is 0 Å². The number of nitrogens with one attached hydrogen (secondary N) is 4. The van der Waals surface area contributed by atoms with Crippen LogP contribution in [0.4, 0.5) is 11.4 Å². The third-order valence-corrected chi connectivity index (χ3v) is 7.74. The maximum absolute atomic E-state index is 5.72. The molecule has 0 saturated carbocycles. The standard InChI is InChI=1S/C38H42N8O2/c1-7-29-9-5-17-41-37(29)35(15-1)43-27-33-13-3-11-31(45-33)25-39-19-21-47-23-24-48-22-20-40-26-32-12-4-14-34(46-32)28-44-36-16-2-8-30-10-6-18-42-38(30)36/h1-18,39-40,43-44H,19-28H2. The molecule has 0 radical (unpaired) electrons. The number of benzene rings is 2. The molecule has 10 nitrogen and oxygen atoms in total. The summed E-state index contributed by atoms with van der Waals surface area (Å²) in [6.45, 7) is 6.48. The largest absolute Gasteiger partial charge is 0.378 e. The van der Waals surface area contributed by atoms with Gasteiger partial charge in [0.1, 0.15) is 0 Å². The third-order valence-electron chi connectivity index (χ3n) is 7.74. The van der Waals surface area contributed by atoms with Crippen molar-refractivity contribution < 1.29 is 9.47 Å². The van der Waals surface area contributed by atoms with Crippen molar-refractivity contribution in [1.82, 2.24) is 30.6 Å². The number of ether oxygens (including phenoxy) is 2. The predicted octanol–water partition coefficient (Wildman–Crippen LogP) is 5.71. The highest BCUT2D eigenvalue weighted by Crippen LogP contribution is 2.22. The summed E-state index contributed by atoms with van der Waals surface area (Å²) < 4.78 is 11.4. The van der Waals surface area contributed by atoms with Gasteiger partial charge in [-0.1, -0.05) is 48.5 Å². The maximum Gasteiger partial charge on any atom is 0.0933 e. The molecule has 10 heteroatoms. The predicted molar refractivity (Wildman–Crippen MR) is 192 cm³/mol.